The quantitative estimate of drug-likeness (QED) is 0.279. The molecule has 0 saturated heterocycles. The van der Waals surface area contributed by atoms with Crippen molar-refractivity contribution >= 4 is 17.3 Å². The number of methoxy groups -OCH3 is 5. The van der Waals surface area contributed by atoms with Gasteiger partial charge in [-0.15, -0.1) is 0 Å². The van der Waals surface area contributed by atoms with E-state index in [4.69, 9.17) is 33.2 Å². The highest BCUT2D eigenvalue weighted by Gasteiger charge is 2.28. The van der Waals surface area contributed by atoms with Crippen LogP contribution in [0, 0.1) is 0 Å². The maximum absolute atomic E-state index is 14.1. The molecule has 0 spiro atoms. The third kappa shape index (κ3) is 5.40. The van der Waals surface area contributed by atoms with Crippen molar-refractivity contribution in [2.24, 2.45) is 0 Å². The minimum Gasteiger partial charge on any atom is -0.497 e. The Morgan fingerprint density at radius 1 is 0.769 bits per heavy atom. The average molecular weight is 537 g/mol. The zero-order valence-electron chi connectivity index (χ0n) is 22.2. The Bertz CT molecular complexity index is 1410. The second-order valence-electron chi connectivity index (χ2n) is 8.33. The predicted octanol–water partition coefficient (Wildman–Crippen LogP) is 4.42. The number of aliphatic carboxylic acids is 1. The Kier molecular flexibility index (Phi) is 8.14. The van der Waals surface area contributed by atoms with Crippen LogP contribution < -0.4 is 33.2 Å². The molecule has 10 nitrogen and oxygen atoms in total. The monoisotopic (exact) mass is 536 g/mol. The first-order valence-corrected chi connectivity index (χ1v) is 11.8. The van der Waals surface area contributed by atoms with Gasteiger partial charge in [-0.2, -0.15) is 0 Å². The second-order valence-corrected chi connectivity index (χ2v) is 8.33. The number of hydrogen-bond donors (Lipinski definition) is 1. The molecule has 10 heteroatoms. The molecule has 1 heterocycles. The molecular formula is C29H28O10. The van der Waals surface area contributed by atoms with Crippen LogP contribution in [0.1, 0.15) is 21.5 Å². The molecule has 4 rings (SSSR count). The molecule has 0 aromatic heterocycles. The number of allylic oxidation sites excluding steroid dienone is 1. The second kappa shape index (κ2) is 11.7. The maximum atomic E-state index is 14.1. The van der Waals surface area contributed by atoms with E-state index in [0.29, 0.717) is 40.1 Å². The summed E-state index contributed by atoms with van der Waals surface area (Å²) < 4.78 is 37.9. The van der Waals surface area contributed by atoms with Gasteiger partial charge in [-0.25, -0.2) is 4.79 Å². The zero-order chi connectivity index (χ0) is 28.1. The van der Waals surface area contributed by atoms with Crippen molar-refractivity contribution in [3.8, 4) is 40.2 Å². The van der Waals surface area contributed by atoms with Crippen molar-refractivity contribution in [3.05, 3.63) is 70.8 Å². The van der Waals surface area contributed by atoms with E-state index >= 15 is 0 Å². The fourth-order valence-corrected chi connectivity index (χ4v) is 4.35. The Morgan fingerprint density at radius 2 is 1.44 bits per heavy atom. The third-order valence-electron chi connectivity index (χ3n) is 6.21. The highest BCUT2D eigenvalue weighted by molar-refractivity contribution is 6.27. The van der Waals surface area contributed by atoms with Gasteiger partial charge in [-0.3, -0.25) is 4.79 Å². The van der Waals surface area contributed by atoms with E-state index in [-0.39, 0.29) is 41.2 Å². The van der Waals surface area contributed by atoms with Gasteiger partial charge in [0.25, 0.3) is 0 Å². The molecule has 0 radical (unpaired) electrons. The summed E-state index contributed by atoms with van der Waals surface area (Å²) in [4.78, 5) is 26.9. The fraction of sp³-hybridized carbons (Fsp3) is 0.241. The first-order valence-electron chi connectivity index (χ1n) is 11.8. The van der Waals surface area contributed by atoms with Gasteiger partial charge < -0.3 is 38.3 Å². The summed E-state index contributed by atoms with van der Waals surface area (Å²) in [6, 6.07) is 12.8. The third-order valence-corrected chi connectivity index (χ3v) is 6.21. The van der Waals surface area contributed by atoms with Crippen LogP contribution in [-0.2, 0) is 11.2 Å². The van der Waals surface area contributed by atoms with Gasteiger partial charge in [-0.1, -0.05) is 6.07 Å². The normalized spacial score (nSPS) is 12.3. The van der Waals surface area contributed by atoms with E-state index in [9.17, 15) is 14.7 Å². The topological polar surface area (TPSA) is 119 Å². The van der Waals surface area contributed by atoms with Crippen molar-refractivity contribution in [1.29, 1.82) is 0 Å². The number of hydrogen-bond acceptors (Lipinski definition) is 9. The number of carbonyl (C=O) groups excluding carboxylic acids is 1. The summed E-state index contributed by atoms with van der Waals surface area (Å²) in [7, 11) is 7.34. The molecule has 3 aromatic carbocycles. The van der Waals surface area contributed by atoms with Gasteiger partial charge in [0.1, 0.15) is 11.5 Å². The number of fused-ring (bicyclic) bond motifs is 1. The molecule has 204 valence electrons. The van der Waals surface area contributed by atoms with Crippen LogP contribution in [0.5, 0.6) is 40.2 Å². The van der Waals surface area contributed by atoms with Gasteiger partial charge >= 0.3 is 5.97 Å². The number of ketones is 1. The molecule has 0 saturated carbocycles. The van der Waals surface area contributed by atoms with Gasteiger partial charge in [0.2, 0.25) is 12.5 Å². The summed E-state index contributed by atoms with van der Waals surface area (Å²) in [6.07, 6.45) is -0.0825. The molecule has 3 aromatic rings. The molecule has 0 bridgehead atoms. The highest BCUT2D eigenvalue weighted by Crippen LogP contribution is 2.41. The molecule has 1 N–H and O–H groups in total. The van der Waals surface area contributed by atoms with E-state index < -0.39 is 11.8 Å². The molecule has 0 fully saturated rings. The number of rotatable bonds is 11. The molecule has 39 heavy (non-hydrogen) atoms. The van der Waals surface area contributed by atoms with Gasteiger partial charge in [0.05, 0.1) is 46.7 Å². The largest absolute Gasteiger partial charge is 0.497 e. The molecule has 0 amide bonds. The molecule has 1 aliphatic heterocycles. The van der Waals surface area contributed by atoms with Crippen LogP contribution in [0.4, 0.5) is 0 Å². The number of carboxylic acids is 1. The number of carbonyl (C=O) groups is 2. The molecule has 1 aliphatic rings. The SMILES string of the molecule is COc1ccc(C(=O)/C(Cc2cc(OC)c(OC)c(OC)c2)=C(/C(=O)O)c2ccc3c(c2)OCO3)c(OC)c1. The van der Waals surface area contributed by atoms with Crippen molar-refractivity contribution in [2.45, 2.75) is 6.42 Å². The van der Waals surface area contributed by atoms with Crippen LogP contribution in [0.2, 0.25) is 0 Å². The summed E-state index contributed by atoms with van der Waals surface area (Å²) in [5.74, 6) is 0.832. The average Bonchev–Trinajstić information content (AvgIpc) is 3.43. The highest BCUT2D eigenvalue weighted by atomic mass is 16.7. The molecular weight excluding hydrogens is 508 g/mol. The van der Waals surface area contributed by atoms with Gasteiger partial charge in [-0.05, 0) is 47.5 Å². The summed E-state index contributed by atoms with van der Waals surface area (Å²) in [5, 5.41) is 10.4. The zero-order valence-corrected chi connectivity index (χ0v) is 22.2. The first-order chi connectivity index (χ1) is 18.8. The maximum Gasteiger partial charge on any atom is 0.336 e. The van der Waals surface area contributed by atoms with Crippen LogP contribution in [0.3, 0.4) is 0 Å². The van der Waals surface area contributed by atoms with Crippen molar-refractivity contribution in [1.82, 2.24) is 0 Å². The predicted molar refractivity (Wildman–Crippen MR) is 141 cm³/mol. The molecule has 0 atom stereocenters. The Labute approximate surface area is 225 Å². The smallest absolute Gasteiger partial charge is 0.336 e. The van der Waals surface area contributed by atoms with Gasteiger partial charge in [0.15, 0.2) is 28.8 Å². The van der Waals surface area contributed by atoms with E-state index in [2.05, 4.69) is 0 Å². The standard InChI is InChI=1S/C29H28O10/c1-33-18-7-8-19(22(14-18)34-2)27(30)20(10-16-11-24(35-3)28(37-5)25(12-16)36-4)26(29(31)32)17-6-9-21-23(13-17)39-15-38-21/h6-9,11-14H,10,15H2,1-5H3,(H,31,32)/b26-20+. The minimum atomic E-state index is -1.29. The minimum absolute atomic E-state index is 0.000829. The Hall–Kier alpha value is -4.86. The summed E-state index contributed by atoms with van der Waals surface area (Å²) >= 11 is 0. The van der Waals surface area contributed by atoms with E-state index in [1.807, 2.05) is 0 Å². The van der Waals surface area contributed by atoms with E-state index in [1.54, 1.807) is 42.5 Å². The lowest BCUT2D eigenvalue weighted by molar-refractivity contribution is -0.130. The Balaban J connectivity index is 1.95. The van der Waals surface area contributed by atoms with Crippen molar-refractivity contribution in [3.63, 3.8) is 0 Å². The number of carboxylic acid groups (broad SMARTS) is 1. The Morgan fingerprint density at radius 3 is 2.03 bits per heavy atom. The number of benzene rings is 3. The lowest BCUT2D eigenvalue weighted by atomic mass is 9.88. The molecule has 0 aliphatic carbocycles. The van der Waals surface area contributed by atoms with Crippen LogP contribution >= 0.6 is 0 Å². The summed E-state index contributed by atoms with van der Waals surface area (Å²) in [5.41, 5.74) is 0.791. The lowest BCUT2D eigenvalue weighted by Crippen LogP contribution is -2.15. The van der Waals surface area contributed by atoms with Crippen LogP contribution in [0.25, 0.3) is 5.57 Å². The van der Waals surface area contributed by atoms with Crippen LogP contribution in [0.15, 0.2) is 54.1 Å². The fourth-order valence-electron chi connectivity index (χ4n) is 4.35. The first kappa shape index (κ1) is 27.2. The van der Waals surface area contributed by atoms with E-state index in [1.165, 1.54) is 41.6 Å². The van der Waals surface area contributed by atoms with Crippen LogP contribution in [-0.4, -0.2) is 59.2 Å². The van der Waals surface area contributed by atoms with Crippen molar-refractivity contribution in [2.75, 3.05) is 42.3 Å². The lowest BCUT2D eigenvalue weighted by Gasteiger charge is -2.17. The van der Waals surface area contributed by atoms with Gasteiger partial charge in [0, 0.05) is 18.1 Å². The molecule has 0 unspecified atom stereocenters. The number of ether oxygens (including phenoxy) is 7. The summed E-state index contributed by atoms with van der Waals surface area (Å²) in [6.45, 7) is 0.0190. The van der Waals surface area contributed by atoms with E-state index in [0.717, 1.165) is 0 Å². The van der Waals surface area contributed by atoms with Crippen molar-refractivity contribution < 1.29 is 47.9 Å². The number of Topliss-reactive ketones (excluding diaryl/α,β-unsaturated/α-hetero) is 1.